The number of hydrogen-bond acceptors (Lipinski definition) is 4. The molecule has 0 aromatic carbocycles. The predicted molar refractivity (Wildman–Crippen MR) is 82.9 cm³/mol. The molecular formula is C17H14N4O. The molecule has 0 unspecified atom stereocenters. The van der Waals surface area contributed by atoms with Crippen LogP contribution in [0.3, 0.4) is 0 Å². The molecule has 0 aliphatic rings. The van der Waals surface area contributed by atoms with E-state index in [2.05, 4.69) is 20.3 Å². The zero-order chi connectivity index (χ0) is 15.2. The van der Waals surface area contributed by atoms with Gasteiger partial charge >= 0.3 is 0 Å². The van der Waals surface area contributed by atoms with Gasteiger partial charge in [0, 0.05) is 31.3 Å². The van der Waals surface area contributed by atoms with Crippen molar-refractivity contribution in [3.63, 3.8) is 0 Å². The van der Waals surface area contributed by atoms with Crippen LogP contribution in [0.25, 0.3) is 11.4 Å². The van der Waals surface area contributed by atoms with E-state index in [4.69, 9.17) is 0 Å². The van der Waals surface area contributed by atoms with E-state index in [-0.39, 0.29) is 5.91 Å². The quantitative estimate of drug-likeness (QED) is 0.801. The van der Waals surface area contributed by atoms with Crippen LogP contribution in [0, 0.1) is 0 Å². The van der Waals surface area contributed by atoms with Crippen molar-refractivity contribution in [2.24, 2.45) is 0 Å². The first-order valence-corrected chi connectivity index (χ1v) is 6.88. The Morgan fingerprint density at radius 3 is 2.59 bits per heavy atom. The van der Waals surface area contributed by atoms with Crippen molar-refractivity contribution in [2.45, 2.75) is 6.54 Å². The van der Waals surface area contributed by atoms with Crippen LogP contribution in [0.2, 0.25) is 0 Å². The summed E-state index contributed by atoms with van der Waals surface area (Å²) in [5.74, 6) is -0.183. The fraction of sp³-hybridized carbons (Fsp3) is 0.0588. The van der Waals surface area contributed by atoms with Crippen molar-refractivity contribution >= 4 is 5.91 Å². The largest absolute Gasteiger partial charge is 0.348 e. The number of amides is 1. The van der Waals surface area contributed by atoms with Gasteiger partial charge in [-0.3, -0.25) is 19.7 Å². The minimum Gasteiger partial charge on any atom is -0.348 e. The Labute approximate surface area is 128 Å². The van der Waals surface area contributed by atoms with E-state index in [1.54, 1.807) is 36.9 Å². The summed E-state index contributed by atoms with van der Waals surface area (Å²) in [7, 11) is 0. The predicted octanol–water partition coefficient (Wildman–Crippen LogP) is 2.47. The summed E-state index contributed by atoms with van der Waals surface area (Å²) >= 11 is 0. The number of pyridine rings is 3. The van der Waals surface area contributed by atoms with E-state index in [0.29, 0.717) is 23.5 Å². The van der Waals surface area contributed by atoms with E-state index < -0.39 is 0 Å². The van der Waals surface area contributed by atoms with E-state index >= 15 is 0 Å². The molecule has 0 bridgehead atoms. The number of carbonyl (C=O) groups excluding carboxylic acids is 1. The first-order valence-electron chi connectivity index (χ1n) is 6.88. The van der Waals surface area contributed by atoms with Crippen molar-refractivity contribution in [3.8, 4) is 11.4 Å². The van der Waals surface area contributed by atoms with Gasteiger partial charge in [0.15, 0.2) is 0 Å². The maximum atomic E-state index is 12.4. The molecule has 0 saturated carbocycles. The number of nitrogens with one attached hydrogen (secondary N) is 1. The average molecular weight is 290 g/mol. The topological polar surface area (TPSA) is 67.8 Å². The third-order valence-corrected chi connectivity index (χ3v) is 3.14. The summed E-state index contributed by atoms with van der Waals surface area (Å²) in [4.78, 5) is 25.0. The molecule has 0 atom stereocenters. The summed E-state index contributed by atoms with van der Waals surface area (Å²) in [6.45, 7) is 0.420. The SMILES string of the molecule is O=C(NCc1cccnc1)c1cccnc1-c1ccccn1. The van der Waals surface area contributed by atoms with Crippen LogP contribution in [-0.2, 0) is 6.54 Å². The molecule has 22 heavy (non-hydrogen) atoms. The van der Waals surface area contributed by atoms with Crippen LogP contribution in [0.15, 0.2) is 67.3 Å². The number of aromatic nitrogens is 3. The van der Waals surface area contributed by atoms with Crippen LogP contribution >= 0.6 is 0 Å². The molecule has 5 nitrogen and oxygen atoms in total. The standard InChI is InChI=1S/C17H14N4O/c22-17(21-12-13-5-3-8-18-11-13)14-6-4-10-20-16(14)15-7-1-2-9-19-15/h1-11H,12H2,(H,21,22). The van der Waals surface area contributed by atoms with Gasteiger partial charge in [-0.25, -0.2) is 0 Å². The first-order chi connectivity index (χ1) is 10.8. The number of rotatable bonds is 4. The lowest BCUT2D eigenvalue weighted by atomic mass is 10.1. The van der Waals surface area contributed by atoms with Gasteiger partial charge in [0.25, 0.3) is 5.91 Å². The fourth-order valence-corrected chi connectivity index (χ4v) is 2.08. The Bertz CT molecular complexity index is 760. The Hall–Kier alpha value is -3.08. The van der Waals surface area contributed by atoms with E-state index in [1.165, 1.54) is 0 Å². The molecule has 3 heterocycles. The first kappa shape index (κ1) is 13.9. The summed E-state index contributed by atoms with van der Waals surface area (Å²) in [6.07, 6.45) is 6.76. The Kier molecular flexibility index (Phi) is 4.15. The third kappa shape index (κ3) is 3.15. The Morgan fingerprint density at radius 1 is 0.955 bits per heavy atom. The van der Waals surface area contributed by atoms with Gasteiger partial charge in [-0.2, -0.15) is 0 Å². The molecule has 0 aliphatic carbocycles. The normalized spacial score (nSPS) is 10.2. The summed E-state index contributed by atoms with van der Waals surface area (Å²) in [5.41, 5.74) is 2.70. The molecule has 3 rings (SSSR count). The van der Waals surface area contributed by atoms with Crippen molar-refractivity contribution in [1.82, 2.24) is 20.3 Å². The molecule has 5 heteroatoms. The second-order valence-electron chi connectivity index (χ2n) is 4.66. The second kappa shape index (κ2) is 6.58. The second-order valence-corrected chi connectivity index (χ2v) is 4.66. The number of carbonyl (C=O) groups is 1. The fourth-order valence-electron chi connectivity index (χ4n) is 2.08. The lowest BCUT2D eigenvalue weighted by Gasteiger charge is -2.09. The lowest BCUT2D eigenvalue weighted by molar-refractivity contribution is 0.0951. The van der Waals surface area contributed by atoms with Crippen LogP contribution in [0.5, 0.6) is 0 Å². The molecule has 108 valence electrons. The average Bonchev–Trinajstić information content (AvgIpc) is 2.61. The summed E-state index contributed by atoms with van der Waals surface area (Å²) < 4.78 is 0. The highest BCUT2D eigenvalue weighted by Gasteiger charge is 2.14. The van der Waals surface area contributed by atoms with E-state index in [1.807, 2.05) is 30.3 Å². The van der Waals surface area contributed by atoms with Gasteiger partial charge in [-0.15, -0.1) is 0 Å². The maximum Gasteiger partial charge on any atom is 0.253 e. The molecule has 3 aromatic heterocycles. The molecule has 0 spiro atoms. The molecule has 1 N–H and O–H groups in total. The van der Waals surface area contributed by atoms with Gasteiger partial charge in [0.2, 0.25) is 0 Å². The van der Waals surface area contributed by atoms with Gasteiger partial charge in [-0.1, -0.05) is 12.1 Å². The smallest absolute Gasteiger partial charge is 0.253 e. The van der Waals surface area contributed by atoms with Crippen molar-refractivity contribution in [2.75, 3.05) is 0 Å². The Morgan fingerprint density at radius 2 is 1.82 bits per heavy atom. The van der Waals surface area contributed by atoms with Gasteiger partial charge < -0.3 is 5.32 Å². The molecule has 0 radical (unpaired) electrons. The zero-order valence-electron chi connectivity index (χ0n) is 11.8. The summed E-state index contributed by atoms with van der Waals surface area (Å²) in [6, 6.07) is 12.8. The van der Waals surface area contributed by atoms with Crippen molar-refractivity contribution in [1.29, 1.82) is 0 Å². The molecule has 0 aliphatic heterocycles. The molecule has 1 amide bonds. The third-order valence-electron chi connectivity index (χ3n) is 3.14. The maximum absolute atomic E-state index is 12.4. The number of hydrogen-bond donors (Lipinski definition) is 1. The lowest BCUT2D eigenvalue weighted by Crippen LogP contribution is -2.23. The molecule has 3 aromatic rings. The molecule has 0 fully saturated rings. The van der Waals surface area contributed by atoms with Crippen LogP contribution in [0.1, 0.15) is 15.9 Å². The zero-order valence-corrected chi connectivity index (χ0v) is 11.8. The van der Waals surface area contributed by atoms with Gasteiger partial charge in [0.1, 0.15) is 5.69 Å². The highest BCUT2D eigenvalue weighted by molar-refractivity contribution is 5.99. The minimum absolute atomic E-state index is 0.183. The van der Waals surface area contributed by atoms with Crippen LogP contribution in [0.4, 0.5) is 0 Å². The van der Waals surface area contributed by atoms with Crippen LogP contribution in [-0.4, -0.2) is 20.9 Å². The van der Waals surface area contributed by atoms with Crippen molar-refractivity contribution < 1.29 is 4.79 Å². The monoisotopic (exact) mass is 290 g/mol. The number of nitrogens with zero attached hydrogens (tertiary/aromatic N) is 3. The van der Waals surface area contributed by atoms with Crippen LogP contribution < -0.4 is 5.32 Å². The highest BCUT2D eigenvalue weighted by atomic mass is 16.1. The highest BCUT2D eigenvalue weighted by Crippen LogP contribution is 2.18. The minimum atomic E-state index is -0.183. The van der Waals surface area contributed by atoms with E-state index in [9.17, 15) is 4.79 Å². The van der Waals surface area contributed by atoms with Gasteiger partial charge in [-0.05, 0) is 35.9 Å². The molecule has 0 saturated heterocycles. The van der Waals surface area contributed by atoms with Gasteiger partial charge in [0.05, 0.1) is 11.3 Å². The van der Waals surface area contributed by atoms with E-state index in [0.717, 1.165) is 5.56 Å². The summed E-state index contributed by atoms with van der Waals surface area (Å²) in [5, 5.41) is 2.88. The molecular weight excluding hydrogens is 276 g/mol. The Balaban J connectivity index is 1.81. The van der Waals surface area contributed by atoms with Crippen molar-refractivity contribution in [3.05, 3.63) is 78.4 Å².